The van der Waals surface area contributed by atoms with E-state index in [2.05, 4.69) is 16.4 Å². The molecule has 0 bridgehead atoms. The van der Waals surface area contributed by atoms with Crippen LogP contribution >= 0.6 is 22.9 Å². The zero-order valence-corrected chi connectivity index (χ0v) is 14.8. The molecule has 1 atom stereocenters. The van der Waals surface area contributed by atoms with Crippen LogP contribution in [0.2, 0.25) is 5.15 Å². The average molecular weight is 361 g/mol. The summed E-state index contributed by atoms with van der Waals surface area (Å²) in [5, 5.41) is 5.28. The monoisotopic (exact) mass is 360 g/mol. The highest BCUT2D eigenvalue weighted by atomic mass is 35.5. The Morgan fingerprint density at radius 3 is 3.08 bits per heavy atom. The van der Waals surface area contributed by atoms with E-state index in [4.69, 9.17) is 16.3 Å². The fraction of sp³-hybridized carbons (Fsp3) is 0.333. The Morgan fingerprint density at radius 2 is 2.29 bits per heavy atom. The summed E-state index contributed by atoms with van der Waals surface area (Å²) in [5.74, 6) is -0.0800. The van der Waals surface area contributed by atoms with E-state index in [0.29, 0.717) is 16.6 Å². The van der Waals surface area contributed by atoms with Gasteiger partial charge in [-0.05, 0) is 38.0 Å². The Balaban J connectivity index is 1.69. The van der Waals surface area contributed by atoms with Gasteiger partial charge in [0, 0.05) is 28.6 Å². The number of benzene rings is 1. The van der Waals surface area contributed by atoms with Gasteiger partial charge < -0.3 is 10.1 Å². The third kappa shape index (κ3) is 2.88. The number of aryl methyl sites for hydroxylation is 1. The number of fused-ring (bicyclic) bond motifs is 3. The first-order valence-corrected chi connectivity index (χ1v) is 9.20. The second-order valence-electron chi connectivity index (χ2n) is 6.12. The van der Waals surface area contributed by atoms with E-state index in [1.54, 1.807) is 0 Å². The second kappa shape index (κ2) is 6.31. The minimum absolute atomic E-state index is 0.0800. The van der Waals surface area contributed by atoms with E-state index in [9.17, 15) is 4.79 Å². The standard InChI is InChI=1S/C18H17ClN2O2S/c1-10-4-5-14-12(7-10)16-13(17(19)21-14)8-15(24-16)18(22)20-9-11-3-2-6-23-11/h4-5,7-8,11H,2-3,6,9H2,1H3,(H,20,22)/t11-/m1/s1. The predicted octanol–water partition coefficient (Wildman–Crippen LogP) is 4.32. The van der Waals surface area contributed by atoms with Gasteiger partial charge >= 0.3 is 0 Å². The molecular weight excluding hydrogens is 344 g/mol. The van der Waals surface area contributed by atoms with Gasteiger partial charge in [0.15, 0.2) is 0 Å². The van der Waals surface area contributed by atoms with Gasteiger partial charge in [0.1, 0.15) is 5.15 Å². The summed E-state index contributed by atoms with van der Waals surface area (Å²) in [5.41, 5.74) is 2.01. The number of thiophene rings is 1. The van der Waals surface area contributed by atoms with Crippen molar-refractivity contribution in [2.24, 2.45) is 0 Å². The molecule has 4 nitrogen and oxygen atoms in total. The number of nitrogens with one attached hydrogen (secondary N) is 1. The first-order valence-electron chi connectivity index (χ1n) is 8.01. The summed E-state index contributed by atoms with van der Waals surface area (Å²) in [7, 11) is 0. The number of ether oxygens (including phenoxy) is 1. The summed E-state index contributed by atoms with van der Waals surface area (Å²) in [6.45, 7) is 3.39. The van der Waals surface area contributed by atoms with Gasteiger partial charge in [-0.2, -0.15) is 0 Å². The van der Waals surface area contributed by atoms with Crippen molar-refractivity contribution in [3.8, 4) is 0 Å². The summed E-state index contributed by atoms with van der Waals surface area (Å²) in [4.78, 5) is 17.6. The van der Waals surface area contributed by atoms with Crippen LogP contribution in [-0.2, 0) is 4.74 Å². The number of pyridine rings is 1. The third-order valence-electron chi connectivity index (χ3n) is 4.31. The maximum absolute atomic E-state index is 12.5. The smallest absolute Gasteiger partial charge is 0.261 e. The number of rotatable bonds is 3. The van der Waals surface area contributed by atoms with Crippen molar-refractivity contribution in [1.29, 1.82) is 0 Å². The van der Waals surface area contributed by atoms with Crippen molar-refractivity contribution in [2.75, 3.05) is 13.2 Å². The predicted molar refractivity (Wildman–Crippen MR) is 98.2 cm³/mol. The molecule has 0 spiro atoms. The number of aromatic nitrogens is 1. The average Bonchev–Trinajstić information content (AvgIpc) is 3.23. The summed E-state index contributed by atoms with van der Waals surface area (Å²) < 4.78 is 6.56. The van der Waals surface area contributed by atoms with Gasteiger partial charge in [0.2, 0.25) is 0 Å². The maximum Gasteiger partial charge on any atom is 0.261 e. The molecule has 3 aromatic rings. The summed E-state index contributed by atoms with van der Waals surface area (Å²) >= 11 is 7.78. The lowest BCUT2D eigenvalue weighted by Gasteiger charge is -2.09. The molecule has 2 aromatic heterocycles. The molecule has 0 unspecified atom stereocenters. The largest absolute Gasteiger partial charge is 0.376 e. The molecule has 0 radical (unpaired) electrons. The van der Waals surface area contributed by atoms with Crippen molar-refractivity contribution >= 4 is 49.8 Å². The molecule has 0 saturated carbocycles. The van der Waals surface area contributed by atoms with Crippen LogP contribution in [0.25, 0.3) is 21.0 Å². The summed E-state index contributed by atoms with van der Waals surface area (Å²) in [6.07, 6.45) is 2.21. The molecule has 3 heterocycles. The van der Waals surface area contributed by atoms with E-state index < -0.39 is 0 Å². The molecule has 1 N–H and O–H groups in total. The minimum atomic E-state index is -0.0800. The quantitative estimate of drug-likeness (QED) is 0.708. The molecule has 0 aliphatic carbocycles. The van der Waals surface area contributed by atoms with Gasteiger partial charge in [0.25, 0.3) is 5.91 Å². The molecule has 1 aliphatic heterocycles. The highest BCUT2D eigenvalue weighted by Crippen LogP contribution is 2.36. The highest BCUT2D eigenvalue weighted by molar-refractivity contribution is 7.21. The lowest BCUT2D eigenvalue weighted by Crippen LogP contribution is -2.31. The molecule has 1 aromatic carbocycles. The van der Waals surface area contributed by atoms with Crippen molar-refractivity contribution < 1.29 is 9.53 Å². The van der Waals surface area contributed by atoms with Crippen molar-refractivity contribution in [3.63, 3.8) is 0 Å². The molecular formula is C18H17ClN2O2S. The normalized spacial score (nSPS) is 17.7. The zero-order valence-electron chi connectivity index (χ0n) is 13.3. The van der Waals surface area contributed by atoms with Gasteiger partial charge in [-0.25, -0.2) is 4.98 Å². The Hall–Kier alpha value is -1.69. The van der Waals surface area contributed by atoms with Crippen LogP contribution in [-0.4, -0.2) is 30.1 Å². The first kappa shape index (κ1) is 15.8. The van der Waals surface area contributed by atoms with E-state index in [0.717, 1.165) is 46.0 Å². The molecule has 1 fully saturated rings. The molecule has 6 heteroatoms. The van der Waals surface area contributed by atoms with Gasteiger partial charge in [-0.1, -0.05) is 23.2 Å². The summed E-state index contributed by atoms with van der Waals surface area (Å²) in [6, 6.07) is 7.90. The van der Waals surface area contributed by atoms with Crippen molar-refractivity contribution in [3.05, 3.63) is 39.9 Å². The fourth-order valence-electron chi connectivity index (χ4n) is 3.05. The number of carbonyl (C=O) groups is 1. The van der Waals surface area contributed by atoms with Crippen molar-refractivity contribution in [1.82, 2.24) is 10.3 Å². The Bertz CT molecular complexity index is 932. The maximum atomic E-state index is 12.5. The molecule has 1 saturated heterocycles. The SMILES string of the molecule is Cc1ccc2nc(Cl)c3cc(C(=O)NC[C@H]4CCCO4)sc3c2c1. The Labute approximate surface area is 148 Å². The van der Waals surface area contributed by atoms with Crippen LogP contribution in [0.1, 0.15) is 28.1 Å². The number of hydrogen-bond acceptors (Lipinski definition) is 4. The Morgan fingerprint density at radius 1 is 1.42 bits per heavy atom. The minimum Gasteiger partial charge on any atom is -0.376 e. The van der Waals surface area contributed by atoms with E-state index in [-0.39, 0.29) is 12.0 Å². The van der Waals surface area contributed by atoms with Crippen LogP contribution in [0.3, 0.4) is 0 Å². The van der Waals surface area contributed by atoms with Crippen LogP contribution in [0, 0.1) is 6.92 Å². The van der Waals surface area contributed by atoms with E-state index in [1.165, 1.54) is 11.3 Å². The van der Waals surface area contributed by atoms with Gasteiger partial charge in [0.05, 0.1) is 16.5 Å². The molecule has 1 amide bonds. The zero-order chi connectivity index (χ0) is 16.7. The van der Waals surface area contributed by atoms with Crippen LogP contribution in [0.15, 0.2) is 24.3 Å². The second-order valence-corrected chi connectivity index (χ2v) is 7.53. The number of halogens is 1. The van der Waals surface area contributed by atoms with E-state index >= 15 is 0 Å². The lowest BCUT2D eigenvalue weighted by atomic mass is 10.1. The first-order chi connectivity index (χ1) is 11.6. The molecule has 24 heavy (non-hydrogen) atoms. The lowest BCUT2D eigenvalue weighted by molar-refractivity contribution is 0.0861. The van der Waals surface area contributed by atoms with Crippen LogP contribution in [0.5, 0.6) is 0 Å². The molecule has 124 valence electrons. The fourth-order valence-corrected chi connectivity index (χ4v) is 4.45. The van der Waals surface area contributed by atoms with Gasteiger partial charge in [-0.3, -0.25) is 4.79 Å². The van der Waals surface area contributed by atoms with E-state index in [1.807, 2.05) is 25.1 Å². The van der Waals surface area contributed by atoms with Gasteiger partial charge in [-0.15, -0.1) is 11.3 Å². The third-order valence-corrected chi connectivity index (χ3v) is 5.76. The number of hydrogen-bond donors (Lipinski definition) is 1. The number of amides is 1. The topological polar surface area (TPSA) is 51.2 Å². The van der Waals surface area contributed by atoms with Crippen LogP contribution < -0.4 is 5.32 Å². The highest BCUT2D eigenvalue weighted by Gasteiger charge is 2.19. The van der Waals surface area contributed by atoms with Crippen LogP contribution in [0.4, 0.5) is 0 Å². The number of nitrogens with zero attached hydrogens (tertiary/aromatic N) is 1. The molecule has 4 rings (SSSR count). The van der Waals surface area contributed by atoms with Crippen molar-refractivity contribution in [2.45, 2.75) is 25.9 Å². The number of carbonyl (C=O) groups excluding carboxylic acids is 1. The Kier molecular flexibility index (Phi) is 4.16. The molecule has 1 aliphatic rings.